The molecule has 1 N–H and O–H groups in total. The van der Waals surface area contributed by atoms with Crippen molar-refractivity contribution >= 4 is 28.7 Å². The van der Waals surface area contributed by atoms with Crippen LogP contribution < -0.4 is 5.32 Å². The van der Waals surface area contributed by atoms with E-state index in [-0.39, 0.29) is 11.3 Å². The van der Waals surface area contributed by atoms with Crippen LogP contribution in [0, 0.1) is 0 Å². The third-order valence-corrected chi connectivity index (χ3v) is 4.39. The Morgan fingerprint density at radius 3 is 2.44 bits per heavy atom. The van der Waals surface area contributed by atoms with Crippen molar-refractivity contribution in [1.29, 1.82) is 0 Å². The first kappa shape index (κ1) is 19.6. The molecule has 0 saturated carbocycles. The lowest BCUT2D eigenvalue weighted by molar-refractivity contribution is -0.122. The number of amides is 2. The highest BCUT2D eigenvalue weighted by atomic mass is 32.1. The molecule has 1 aliphatic heterocycles. The SMILES string of the molecule is CC(C)(C)OC(=O)N1CCCC[C@H]1C(=O)Nc1nc(C(C)(C)C)ns1. The van der Waals surface area contributed by atoms with E-state index in [0.29, 0.717) is 23.9 Å². The van der Waals surface area contributed by atoms with Crippen LogP contribution in [0.1, 0.15) is 66.6 Å². The van der Waals surface area contributed by atoms with E-state index in [0.717, 1.165) is 24.4 Å². The number of likely N-dealkylation sites (tertiary alicyclic amines) is 1. The van der Waals surface area contributed by atoms with Gasteiger partial charge in [-0.05, 0) is 40.0 Å². The van der Waals surface area contributed by atoms with Gasteiger partial charge in [-0.3, -0.25) is 15.0 Å². The fourth-order valence-electron chi connectivity index (χ4n) is 2.51. The number of nitrogens with zero attached hydrogens (tertiary/aromatic N) is 3. The topological polar surface area (TPSA) is 84.4 Å². The third-order valence-electron chi connectivity index (χ3n) is 3.76. The van der Waals surface area contributed by atoms with E-state index in [2.05, 4.69) is 14.7 Å². The predicted molar refractivity (Wildman–Crippen MR) is 97.8 cm³/mol. The molecule has 0 spiro atoms. The van der Waals surface area contributed by atoms with Gasteiger partial charge in [-0.1, -0.05) is 20.8 Å². The highest BCUT2D eigenvalue weighted by molar-refractivity contribution is 7.09. The van der Waals surface area contributed by atoms with E-state index in [1.54, 1.807) is 0 Å². The number of hydrogen-bond acceptors (Lipinski definition) is 6. The molecule has 25 heavy (non-hydrogen) atoms. The Bertz CT molecular complexity index is 631. The number of carbonyl (C=O) groups is 2. The Labute approximate surface area is 153 Å². The molecule has 1 saturated heterocycles. The molecule has 0 aromatic carbocycles. The molecule has 0 unspecified atom stereocenters. The Kier molecular flexibility index (Phi) is 5.71. The smallest absolute Gasteiger partial charge is 0.410 e. The lowest BCUT2D eigenvalue weighted by Crippen LogP contribution is -2.51. The molecule has 1 aliphatic rings. The summed E-state index contributed by atoms with van der Waals surface area (Å²) in [5, 5.41) is 3.27. The van der Waals surface area contributed by atoms with Crippen molar-refractivity contribution in [1.82, 2.24) is 14.3 Å². The van der Waals surface area contributed by atoms with Crippen LogP contribution in [0.15, 0.2) is 0 Å². The van der Waals surface area contributed by atoms with Gasteiger partial charge in [0.25, 0.3) is 0 Å². The first-order valence-electron chi connectivity index (χ1n) is 8.62. The van der Waals surface area contributed by atoms with Crippen LogP contribution in [0.4, 0.5) is 9.93 Å². The van der Waals surface area contributed by atoms with Crippen molar-refractivity contribution < 1.29 is 14.3 Å². The zero-order chi connectivity index (χ0) is 18.8. The summed E-state index contributed by atoms with van der Waals surface area (Å²) in [7, 11) is 0. The average molecular weight is 369 g/mol. The number of piperidine rings is 1. The standard InChI is InChI=1S/C17H28N4O3S/c1-16(2,3)13-19-14(25-20-13)18-12(22)11-9-7-8-10-21(11)15(23)24-17(4,5)6/h11H,7-10H2,1-6H3,(H,18,19,20,22)/t11-/m0/s1. The number of anilines is 1. The number of ether oxygens (including phenoxy) is 1. The molecule has 7 nitrogen and oxygen atoms in total. The minimum atomic E-state index is -0.587. The molecule has 2 amide bonds. The predicted octanol–water partition coefficient (Wildman–Crippen LogP) is 3.56. The van der Waals surface area contributed by atoms with Crippen molar-refractivity contribution in [2.75, 3.05) is 11.9 Å². The van der Waals surface area contributed by atoms with Gasteiger partial charge in [-0.25, -0.2) is 9.78 Å². The molecule has 1 atom stereocenters. The summed E-state index contributed by atoms with van der Waals surface area (Å²) in [4.78, 5) is 31.0. The van der Waals surface area contributed by atoms with Crippen LogP contribution in [0.5, 0.6) is 0 Å². The molecule has 140 valence electrons. The number of aromatic nitrogens is 2. The molecular formula is C17H28N4O3S. The van der Waals surface area contributed by atoms with Gasteiger partial charge in [0.1, 0.15) is 17.5 Å². The quantitative estimate of drug-likeness (QED) is 0.863. The fourth-order valence-corrected chi connectivity index (χ4v) is 3.27. The van der Waals surface area contributed by atoms with Crippen LogP contribution in [0.25, 0.3) is 0 Å². The maximum Gasteiger partial charge on any atom is 0.410 e. The van der Waals surface area contributed by atoms with Crippen molar-refractivity contribution in [3.8, 4) is 0 Å². The highest BCUT2D eigenvalue weighted by Gasteiger charge is 2.35. The number of carbonyl (C=O) groups excluding carboxylic acids is 2. The Hall–Kier alpha value is -1.70. The normalized spacial score (nSPS) is 18.8. The summed E-state index contributed by atoms with van der Waals surface area (Å²) in [6.45, 7) is 12.0. The molecule has 0 radical (unpaired) electrons. The number of hydrogen-bond donors (Lipinski definition) is 1. The second-order valence-electron chi connectivity index (χ2n) is 8.35. The molecule has 8 heteroatoms. The molecule has 1 fully saturated rings. The molecule has 2 heterocycles. The Balaban J connectivity index is 2.07. The van der Waals surface area contributed by atoms with Crippen molar-refractivity contribution in [3.05, 3.63) is 5.82 Å². The number of nitrogens with one attached hydrogen (secondary N) is 1. The van der Waals surface area contributed by atoms with Gasteiger partial charge in [-0.15, -0.1) is 0 Å². The van der Waals surface area contributed by atoms with Crippen molar-refractivity contribution in [3.63, 3.8) is 0 Å². The highest BCUT2D eigenvalue weighted by Crippen LogP contribution is 2.25. The first-order chi connectivity index (χ1) is 11.5. The van der Waals surface area contributed by atoms with Gasteiger partial charge in [-0.2, -0.15) is 4.37 Å². The molecule has 0 aliphatic carbocycles. The minimum absolute atomic E-state index is 0.174. The van der Waals surface area contributed by atoms with E-state index in [4.69, 9.17) is 4.74 Å². The van der Waals surface area contributed by atoms with E-state index in [1.165, 1.54) is 4.90 Å². The van der Waals surface area contributed by atoms with Gasteiger partial charge in [0.2, 0.25) is 11.0 Å². The Morgan fingerprint density at radius 1 is 1.20 bits per heavy atom. The summed E-state index contributed by atoms with van der Waals surface area (Å²) in [6, 6.07) is -0.536. The summed E-state index contributed by atoms with van der Waals surface area (Å²) in [6.07, 6.45) is 1.95. The van der Waals surface area contributed by atoms with E-state index < -0.39 is 17.7 Å². The summed E-state index contributed by atoms with van der Waals surface area (Å²) in [5.74, 6) is 0.461. The van der Waals surface area contributed by atoms with E-state index in [1.807, 2.05) is 41.5 Å². The molecular weight excluding hydrogens is 340 g/mol. The van der Waals surface area contributed by atoms with E-state index in [9.17, 15) is 9.59 Å². The van der Waals surface area contributed by atoms with Crippen LogP contribution in [-0.4, -0.2) is 44.4 Å². The Morgan fingerprint density at radius 2 is 1.88 bits per heavy atom. The lowest BCUT2D eigenvalue weighted by atomic mass is 9.96. The zero-order valence-corrected chi connectivity index (χ0v) is 16.7. The summed E-state index contributed by atoms with van der Waals surface area (Å²) in [5.41, 5.74) is -0.761. The number of rotatable bonds is 2. The summed E-state index contributed by atoms with van der Waals surface area (Å²) >= 11 is 1.16. The van der Waals surface area contributed by atoms with Gasteiger partial charge in [0.15, 0.2) is 0 Å². The maximum absolute atomic E-state index is 12.7. The molecule has 1 aromatic rings. The fraction of sp³-hybridized carbons (Fsp3) is 0.765. The molecule has 1 aromatic heterocycles. The van der Waals surface area contributed by atoms with Crippen LogP contribution >= 0.6 is 11.5 Å². The monoisotopic (exact) mass is 368 g/mol. The molecule has 0 bridgehead atoms. The third kappa shape index (κ3) is 5.39. The van der Waals surface area contributed by atoms with Crippen LogP contribution in [-0.2, 0) is 14.9 Å². The maximum atomic E-state index is 12.7. The van der Waals surface area contributed by atoms with Crippen molar-refractivity contribution in [2.45, 2.75) is 77.9 Å². The largest absolute Gasteiger partial charge is 0.444 e. The van der Waals surface area contributed by atoms with E-state index >= 15 is 0 Å². The average Bonchev–Trinajstić information content (AvgIpc) is 2.94. The lowest BCUT2D eigenvalue weighted by Gasteiger charge is -2.35. The minimum Gasteiger partial charge on any atom is -0.444 e. The van der Waals surface area contributed by atoms with Gasteiger partial charge in [0, 0.05) is 23.5 Å². The van der Waals surface area contributed by atoms with Gasteiger partial charge in [0.05, 0.1) is 0 Å². The van der Waals surface area contributed by atoms with Gasteiger partial charge < -0.3 is 4.74 Å². The summed E-state index contributed by atoms with van der Waals surface area (Å²) < 4.78 is 9.74. The first-order valence-corrected chi connectivity index (χ1v) is 9.39. The van der Waals surface area contributed by atoms with Crippen molar-refractivity contribution in [2.24, 2.45) is 0 Å². The van der Waals surface area contributed by atoms with Crippen LogP contribution in [0.2, 0.25) is 0 Å². The molecule has 2 rings (SSSR count). The zero-order valence-electron chi connectivity index (χ0n) is 15.9. The second-order valence-corrected chi connectivity index (χ2v) is 9.10. The second kappa shape index (κ2) is 7.27. The van der Waals surface area contributed by atoms with Crippen LogP contribution in [0.3, 0.4) is 0 Å². The van der Waals surface area contributed by atoms with Gasteiger partial charge >= 0.3 is 6.09 Å².